The number of carbonyl (C=O) groups excluding carboxylic acids is 1. The molecule has 0 bridgehead atoms. The first-order chi connectivity index (χ1) is 11.8. The number of hydrogen-bond acceptors (Lipinski definition) is 6. The van der Waals surface area contributed by atoms with Crippen LogP contribution in [-0.2, 0) is 6.54 Å². The quantitative estimate of drug-likeness (QED) is 0.584. The van der Waals surface area contributed by atoms with E-state index in [9.17, 15) is 4.79 Å². The third kappa shape index (κ3) is 2.72. The molecular formula is C16H12N4O4. The van der Waals surface area contributed by atoms with Crippen LogP contribution in [0.4, 0.5) is 0 Å². The lowest BCUT2D eigenvalue weighted by Crippen LogP contribution is -2.23. The van der Waals surface area contributed by atoms with Gasteiger partial charge in [0.05, 0.1) is 19.1 Å². The molecule has 8 heteroatoms. The Hall–Kier alpha value is -3.55. The zero-order valence-corrected chi connectivity index (χ0v) is 12.4. The minimum absolute atomic E-state index is 0.214. The fourth-order valence-electron chi connectivity index (χ4n) is 2.19. The standard InChI is InChI=1S/C16H12N4O4/c21-16(12-8-11(18-19-12)13-3-1-5-22-13)17-9-10-7-15(24-20-10)14-4-2-6-23-14/h1-8H,9H2,(H,17,21)(H,18,19). The van der Waals surface area contributed by atoms with E-state index in [0.29, 0.717) is 28.7 Å². The molecule has 0 atom stereocenters. The molecule has 0 fully saturated rings. The largest absolute Gasteiger partial charge is 0.463 e. The van der Waals surface area contributed by atoms with Crippen LogP contribution in [0.3, 0.4) is 0 Å². The number of aromatic nitrogens is 3. The highest BCUT2D eigenvalue weighted by Gasteiger charge is 2.14. The summed E-state index contributed by atoms with van der Waals surface area (Å²) in [5, 5.41) is 13.4. The normalized spacial score (nSPS) is 10.8. The van der Waals surface area contributed by atoms with Crippen LogP contribution in [0.5, 0.6) is 0 Å². The Labute approximate surface area is 135 Å². The summed E-state index contributed by atoms with van der Waals surface area (Å²) in [5.74, 6) is 1.37. The van der Waals surface area contributed by atoms with Crippen LogP contribution in [0.15, 0.2) is 62.3 Å². The third-order valence-electron chi connectivity index (χ3n) is 3.35. The summed E-state index contributed by atoms with van der Waals surface area (Å²) in [4.78, 5) is 12.1. The van der Waals surface area contributed by atoms with Crippen molar-refractivity contribution in [2.45, 2.75) is 6.54 Å². The second-order valence-electron chi connectivity index (χ2n) is 4.99. The maximum Gasteiger partial charge on any atom is 0.272 e. The highest BCUT2D eigenvalue weighted by Crippen LogP contribution is 2.20. The van der Waals surface area contributed by atoms with Crippen molar-refractivity contribution in [1.82, 2.24) is 20.7 Å². The number of rotatable bonds is 5. The second kappa shape index (κ2) is 5.92. The van der Waals surface area contributed by atoms with E-state index in [1.807, 2.05) is 0 Å². The summed E-state index contributed by atoms with van der Waals surface area (Å²) < 4.78 is 15.6. The summed E-state index contributed by atoms with van der Waals surface area (Å²) in [6.45, 7) is 0.214. The molecule has 4 rings (SSSR count). The zero-order valence-electron chi connectivity index (χ0n) is 12.4. The fourth-order valence-corrected chi connectivity index (χ4v) is 2.19. The average Bonchev–Trinajstić information content (AvgIpc) is 3.40. The van der Waals surface area contributed by atoms with Crippen molar-refractivity contribution in [3.05, 3.63) is 60.3 Å². The predicted molar refractivity (Wildman–Crippen MR) is 81.7 cm³/mol. The number of hydrogen-bond donors (Lipinski definition) is 2. The number of aromatic amines is 1. The van der Waals surface area contributed by atoms with Crippen molar-refractivity contribution in [3.63, 3.8) is 0 Å². The van der Waals surface area contributed by atoms with Gasteiger partial charge in [-0.1, -0.05) is 5.16 Å². The summed E-state index contributed by atoms with van der Waals surface area (Å²) in [6, 6.07) is 10.4. The first kappa shape index (κ1) is 14.1. The van der Waals surface area contributed by atoms with Gasteiger partial charge in [-0.3, -0.25) is 9.89 Å². The molecule has 120 valence electrons. The molecule has 24 heavy (non-hydrogen) atoms. The first-order valence-corrected chi connectivity index (χ1v) is 7.16. The van der Waals surface area contributed by atoms with Gasteiger partial charge >= 0.3 is 0 Å². The third-order valence-corrected chi connectivity index (χ3v) is 3.35. The molecule has 0 radical (unpaired) electrons. The number of H-pyrrole nitrogens is 1. The summed E-state index contributed by atoms with van der Waals surface area (Å²) in [5.41, 5.74) is 1.47. The van der Waals surface area contributed by atoms with E-state index in [2.05, 4.69) is 20.7 Å². The predicted octanol–water partition coefficient (Wildman–Crippen LogP) is 2.85. The Morgan fingerprint density at radius 2 is 1.88 bits per heavy atom. The Morgan fingerprint density at radius 1 is 1.08 bits per heavy atom. The molecule has 2 N–H and O–H groups in total. The number of carbonyl (C=O) groups is 1. The minimum atomic E-state index is -0.327. The lowest BCUT2D eigenvalue weighted by atomic mass is 10.3. The summed E-state index contributed by atoms with van der Waals surface area (Å²) >= 11 is 0. The number of amides is 1. The van der Waals surface area contributed by atoms with E-state index in [1.54, 1.807) is 48.9 Å². The summed E-state index contributed by atoms with van der Waals surface area (Å²) in [6.07, 6.45) is 3.10. The van der Waals surface area contributed by atoms with Gasteiger partial charge in [0.2, 0.25) is 5.76 Å². The molecule has 1 amide bonds. The van der Waals surface area contributed by atoms with Crippen LogP contribution in [0, 0.1) is 0 Å². The van der Waals surface area contributed by atoms with Crippen molar-refractivity contribution in [2.24, 2.45) is 0 Å². The molecule has 0 spiro atoms. The molecule has 8 nitrogen and oxygen atoms in total. The molecular weight excluding hydrogens is 312 g/mol. The van der Waals surface area contributed by atoms with E-state index in [1.165, 1.54) is 0 Å². The van der Waals surface area contributed by atoms with Crippen LogP contribution < -0.4 is 5.32 Å². The average molecular weight is 324 g/mol. The smallest absolute Gasteiger partial charge is 0.272 e. The number of nitrogens with zero attached hydrogens (tertiary/aromatic N) is 2. The second-order valence-corrected chi connectivity index (χ2v) is 4.99. The Bertz CT molecular complexity index is 935. The molecule has 0 saturated carbocycles. The van der Waals surface area contributed by atoms with Gasteiger partial charge in [-0.2, -0.15) is 5.10 Å². The molecule has 4 aromatic heterocycles. The van der Waals surface area contributed by atoms with Crippen molar-refractivity contribution < 1.29 is 18.2 Å². The van der Waals surface area contributed by atoms with Crippen LogP contribution in [0.1, 0.15) is 16.2 Å². The monoisotopic (exact) mass is 324 g/mol. The van der Waals surface area contributed by atoms with Gasteiger partial charge < -0.3 is 18.7 Å². The lowest BCUT2D eigenvalue weighted by molar-refractivity contribution is 0.0945. The lowest BCUT2D eigenvalue weighted by Gasteiger charge is -1.98. The van der Waals surface area contributed by atoms with E-state index in [4.69, 9.17) is 13.4 Å². The van der Waals surface area contributed by atoms with Gasteiger partial charge in [0, 0.05) is 12.1 Å². The van der Waals surface area contributed by atoms with E-state index in [0.717, 1.165) is 0 Å². The zero-order chi connectivity index (χ0) is 16.4. The van der Waals surface area contributed by atoms with Crippen molar-refractivity contribution in [3.8, 4) is 23.0 Å². The van der Waals surface area contributed by atoms with Crippen molar-refractivity contribution >= 4 is 5.91 Å². The fraction of sp³-hybridized carbons (Fsp3) is 0.0625. The van der Waals surface area contributed by atoms with Gasteiger partial charge in [0.25, 0.3) is 5.91 Å². The van der Waals surface area contributed by atoms with E-state index < -0.39 is 0 Å². The molecule has 0 unspecified atom stereocenters. The Morgan fingerprint density at radius 3 is 2.62 bits per heavy atom. The minimum Gasteiger partial charge on any atom is -0.463 e. The molecule has 0 aromatic carbocycles. The Kier molecular flexibility index (Phi) is 3.47. The van der Waals surface area contributed by atoms with Gasteiger partial charge in [-0.05, 0) is 24.3 Å². The van der Waals surface area contributed by atoms with Crippen LogP contribution in [0.25, 0.3) is 23.0 Å². The van der Waals surface area contributed by atoms with E-state index >= 15 is 0 Å². The number of furan rings is 2. The van der Waals surface area contributed by atoms with E-state index in [-0.39, 0.29) is 18.1 Å². The molecule has 0 aliphatic rings. The topological polar surface area (TPSA) is 110 Å². The van der Waals surface area contributed by atoms with Gasteiger partial charge in [0.15, 0.2) is 17.2 Å². The SMILES string of the molecule is O=C(NCc1cc(-c2ccco2)on1)c1cc(-c2ccco2)[nH]n1. The highest BCUT2D eigenvalue weighted by molar-refractivity contribution is 5.93. The van der Waals surface area contributed by atoms with Gasteiger partial charge in [0.1, 0.15) is 11.4 Å². The molecule has 4 aromatic rings. The Balaban J connectivity index is 1.40. The maximum atomic E-state index is 12.1. The molecule has 0 aliphatic carbocycles. The maximum absolute atomic E-state index is 12.1. The molecule has 0 aliphatic heterocycles. The molecule has 0 saturated heterocycles. The van der Waals surface area contributed by atoms with Crippen LogP contribution in [-0.4, -0.2) is 21.3 Å². The summed E-state index contributed by atoms with van der Waals surface area (Å²) in [7, 11) is 0. The number of nitrogens with one attached hydrogen (secondary N) is 2. The van der Waals surface area contributed by atoms with Gasteiger partial charge in [-0.25, -0.2) is 0 Å². The first-order valence-electron chi connectivity index (χ1n) is 7.16. The van der Waals surface area contributed by atoms with Crippen LogP contribution >= 0.6 is 0 Å². The van der Waals surface area contributed by atoms with Gasteiger partial charge in [-0.15, -0.1) is 0 Å². The molecule has 4 heterocycles. The van der Waals surface area contributed by atoms with Crippen LogP contribution in [0.2, 0.25) is 0 Å². The van der Waals surface area contributed by atoms with Crippen molar-refractivity contribution in [1.29, 1.82) is 0 Å². The van der Waals surface area contributed by atoms with Crippen molar-refractivity contribution in [2.75, 3.05) is 0 Å². The highest BCUT2D eigenvalue weighted by atomic mass is 16.5.